The Labute approximate surface area is 61.3 Å². The first kappa shape index (κ1) is 9.27. The maximum Gasteiger partial charge on any atom is 0.156 e. The van der Waals surface area contributed by atoms with Gasteiger partial charge in [0.25, 0.3) is 0 Å². The van der Waals surface area contributed by atoms with Crippen molar-refractivity contribution < 1.29 is 4.79 Å². The smallest absolute Gasteiger partial charge is 0.156 e. The van der Waals surface area contributed by atoms with Crippen LogP contribution in [0, 0.1) is 5.53 Å². The van der Waals surface area contributed by atoms with E-state index in [2.05, 4.69) is 12.0 Å². The van der Waals surface area contributed by atoms with E-state index in [0.29, 0.717) is 6.42 Å². The quantitative estimate of drug-likeness (QED) is 0.448. The van der Waals surface area contributed by atoms with Crippen molar-refractivity contribution in [1.82, 2.24) is 0 Å². The summed E-state index contributed by atoms with van der Waals surface area (Å²) < 4.78 is 0. The Balaban J connectivity index is 3.13. The zero-order chi connectivity index (χ0) is 7.82. The van der Waals surface area contributed by atoms with Gasteiger partial charge in [0.1, 0.15) is 6.54 Å². The second-order valence-corrected chi connectivity index (χ2v) is 2.31. The molecule has 1 N–H and O–H groups in total. The Morgan fingerprint density at radius 2 is 2.20 bits per heavy atom. The van der Waals surface area contributed by atoms with Crippen LogP contribution in [0.1, 0.15) is 32.6 Å². The highest BCUT2D eigenvalue weighted by Crippen LogP contribution is 1.99. The summed E-state index contributed by atoms with van der Waals surface area (Å²) in [6.07, 6.45) is 3.77. The maximum atomic E-state index is 10.7. The Bertz CT molecular complexity index is 112. The lowest BCUT2D eigenvalue weighted by molar-refractivity contribution is -0.117. The van der Waals surface area contributed by atoms with Gasteiger partial charge >= 0.3 is 0 Å². The zero-order valence-electron chi connectivity index (χ0n) is 6.39. The molecule has 0 saturated heterocycles. The van der Waals surface area contributed by atoms with Crippen LogP contribution in [0.25, 0.3) is 0 Å². The molecule has 0 unspecified atom stereocenters. The van der Waals surface area contributed by atoms with Crippen LogP contribution in [-0.4, -0.2) is 12.3 Å². The third-order valence-electron chi connectivity index (χ3n) is 1.31. The van der Waals surface area contributed by atoms with Crippen molar-refractivity contribution in [3.8, 4) is 0 Å². The molecule has 0 saturated carbocycles. The highest BCUT2D eigenvalue weighted by atomic mass is 16.1. The van der Waals surface area contributed by atoms with Crippen LogP contribution in [0.5, 0.6) is 0 Å². The summed E-state index contributed by atoms with van der Waals surface area (Å²) in [6.45, 7) is 2.17. The Morgan fingerprint density at radius 3 is 2.70 bits per heavy atom. The summed E-state index contributed by atoms with van der Waals surface area (Å²) in [4.78, 5) is 10.7. The van der Waals surface area contributed by atoms with Crippen molar-refractivity contribution >= 4 is 5.78 Å². The first-order valence-electron chi connectivity index (χ1n) is 3.66. The van der Waals surface area contributed by atoms with Crippen molar-refractivity contribution in [3.63, 3.8) is 0 Å². The van der Waals surface area contributed by atoms with Crippen molar-refractivity contribution in [3.05, 3.63) is 0 Å². The number of unbranched alkanes of at least 4 members (excludes halogenated alkanes) is 2. The van der Waals surface area contributed by atoms with Crippen molar-refractivity contribution in [2.24, 2.45) is 5.11 Å². The van der Waals surface area contributed by atoms with Gasteiger partial charge in [-0.1, -0.05) is 19.8 Å². The second kappa shape index (κ2) is 6.39. The van der Waals surface area contributed by atoms with Gasteiger partial charge in [-0.05, 0) is 6.42 Å². The third-order valence-corrected chi connectivity index (χ3v) is 1.31. The normalized spacial score (nSPS) is 9.30. The molecule has 3 heteroatoms. The molecular weight excluding hydrogens is 128 g/mol. The number of nitrogens with one attached hydrogen (secondary N) is 1. The van der Waals surface area contributed by atoms with Gasteiger partial charge in [0.2, 0.25) is 0 Å². The molecule has 10 heavy (non-hydrogen) atoms. The van der Waals surface area contributed by atoms with Gasteiger partial charge in [-0.3, -0.25) is 4.79 Å². The van der Waals surface area contributed by atoms with Crippen molar-refractivity contribution in [2.45, 2.75) is 32.6 Å². The average molecular weight is 142 g/mol. The molecule has 3 nitrogen and oxygen atoms in total. The van der Waals surface area contributed by atoms with Crippen LogP contribution in [0.2, 0.25) is 0 Å². The van der Waals surface area contributed by atoms with Gasteiger partial charge in [0.05, 0.1) is 0 Å². The van der Waals surface area contributed by atoms with Crippen LogP contribution >= 0.6 is 0 Å². The minimum absolute atomic E-state index is 0.0731. The first-order valence-corrected chi connectivity index (χ1v) is 3.66. The minimum Gasteiger partial charge on any atom is -0.298 e. The molecule has 0 spiro atoms. The van der Waals surface area contributed by atoms with Crippen LogP contribution in [0.15, 0.2) is 5.11 Å². The summed E-state index contributed by atoms with van der Waals surface area (Å²) >= 11 is 0. The van der Waals surface area contributed by atoms with Crippen molar-refractivity contribution in [2.75, 3.05) is 6.54 Å². The number of ketones is 1. The van der Waals surface area contributed by atoms with Gasteiger partial charge in [0.15, 0.2) is 5.78 Å². The van der Waals surface area contributed by atoms with E-state index in [9.17, 15) is 4.79 Å². The summed E-state index contributed by atoms with van der Waals surface area (Å²) in [5.41, 5.74) is 6.42. The monoisotopic (exact) mass is 142 g/mol. The van der Waals surface area contributed by atoms with E-state index in [0.717, 1.165) is 19.3 Å². The maximum absolute atomic E-state index is 10.7. The van der Waals surface area contributed by atoms with E-state index in [1.165, 1.54) is 0 Å². The molecule has 0 aliphatic heterocycles. The van der Waals surface area contributed by atoms with Crippen LogP contribution < -0.4 is 0 Å². The lowest BCUT2D eigenvalue weighted by Crippen LogP contribution is -2.00. The number of carbonyl (C=O) groups is 1. The number of nitrogens with zero attached hydrogens (tertiary/aromatic N) is 1. The van der Waals surface area contributed by atoms with Gasteiger partial charge in [0, 0.05) is 6.42 Å². The fraction of sp³-hybridized carbons (Fsp3) is 0.857. The third kappa shape index (κ3) is 5.41. The molecule has 0 aliphatic carbocycles. The highest BCUT2D eigenvalue weighted by molar-refractivity contribution is 5.80. The topological polar surface area (TPSA) is 53.3 Å². The lowest BCUT2D eigenvalue weighted by atomic mass is 10.1. The minimum atomic E-state index is 0.0731. The zero-order valence-corrected chi connectivity index (χ0v) is 6.39. The van der Waals surface area contributed by atoms with E-state index in [1.54, 1.807) is 0 Å². The van der Waals surface area contributed by atoms with Gasteiger partial charge < -0.3 is 0 Å². The van der Waals surface area contributed by atoms with E-state index in [1.807, 2.05) is 0 Å². The largest absolute Gasteiger partial charge is 0.298 e. The van der Waals surface area contributed by atoms with Gasteiger partial charge in [-0.25, -0.2) is 5.53 Å². The summed E-state index contributed by atoms with van der Waals surface area (Å²) in [6, 6.07) is 0. The number of hydrogen-bond donors (Lipinski definition) is 1. The van der Waals surface area contributed by atoms with E-state index >= 15 is 0 Å². The van der Waals surface area contributed by atoms with Crippen molar-refractivity contribution in [1.29, 1.82) is 5.53 Å². The molecule has 0 atom stereocenters. The number of hydrogen-bond acceptors (Lipinski definition) is 3. The summed E-state index contributed by atoms with van der Waals surface area (Å²) in [5.74, 6) is 0.0865. The second-order valence-electron chi connectivity index (χ2n) is 2.31. The number of carbonyl (C=O) groups excluding carboxylic acids is 1. The highest BCUT2D eigenvalue weighted by Gasteiger charge is 1.97. The molecule has 0 radical (unpaired) electrons. The van der Waals surface area contributed by atoms with Crippen LogP contribution in [0.3, 0.4) is 0 Å². The van der Waals surface area contributed by atoms with Crippen LogP contribution in [-0.2, 0) is 4.79 Å². The SMILES string of the molecule is CCCCCC(=O)CN=N. The van der Waals surface area contributed by atoms with E-state index in [-0.39, 0.29) is 12.3 Å². The molecule has 0 rings (SSSR count). The standard InChI is InChI=1S/C7H14N2O/c1-2-3-4-5-7(10)6-9-8/h8H,2-6H2,1H3. The molecule has 0 aromatic rings. The molecule has 0 aliphatic rings. The van der Waals surface area contributed by atoms with Gasteiger partial charge in [-0.2, -0.15) is 5.11 Å². The summed E-state index contributed by atoms with van der Waals surface area (Å²) in [7, 11) is 0. The molecule has 58 valence electrons. The Morgan fingerprint density at radius 1 is 1.50 bits per heavy atom. The molecule has 0 aromatic carbocycles. The van der Waals surface area contributed by atoms with E-state index in [4.69, 9.17) is 5.53 Å². The fourth-order valence-electron chi connectivity index (χ4n) is 0.739. The predicted octanol–water partition coefficient (Wildman–Crippen LogP) is 2.17. The molecule has 0 bridgehead atoms. The predicted molar refractivity (Wildman–Crippen MR) is 39.2 cm³/mol. The average Bonchev–Trinajstić information content (AvgIpc) is 1.89. The first-order chi connectivity index (χ1) is 4.81. The fourth-order valence-corrected chi connectivity index (χ4v) is 0.739. The molecule has 0 aromatic heterocycles. The van der Waals surface area contributed by atoms with Crippen LogP contribution in [0.4, 0.5) is 0 Å². The lowest BCUT2D eigenvalue weighted by Gasteiger charge is -1.93. The Hall–Kier alpha value is -0.730. The molecular formula is C7H14N2O. The Kier molecular flexibility index (Phi) is 5.92. The number of rotatable bonds is 6. The number of Topliss-reactive ketones (excluding diaryl/α,β-unsaturated/α-hetero) is 1. The molecule has 0 fully saturated rings. The summed E-state index contributed by atoms with van der Waals surface area (Å²) in [5, 5.41) is 3.01. The van der Waals surface area contributed by atoms with Gasteiger partial charge in [-0.15, -0.1) is 0 Å². The van der Waals surface area contributed by atoms with E-state index < -0.39 is 0 Å². The molecule has 0 amide bonds. The molecule has 0 heterocycles.